The summed E-state index contributed by atoms with van der Waals surface area (Å²) in [6.45, 7) is 3.66. The summed E-state index contributed by atoms with van der Waals surface area (Å²) in [5.41, 5.74) is 1.97. The molecule has 1 saturated heterocycles. The first-order chi connectivity index (χ1) is 6.79. The van der Waals surface area contributed by atoms with Crippen LogP contribution in [0.25, 0.3) is 0 Å². The standard InChI is InChI=1S/C11H11NOS/c1-8-2-3-9(5-12)11(4-8)14-10-6-13-7-10/h2-4,10H,6-7H2,1H3. The first-order valence-corrected chi connectivity index (χ1v) is 5.42. The van der Waals surface area contributed by atoms with Crippen LogP contribution in [0.5, 0.6) is 0 Å². The van der Waals surface area contributed by atoms with E-state index in [0.717, 1.165) is 23.7 Å². The van der Waals surface area contributed by atoms with E-state index in [4.69, 9.17) is 10.00 Å². The van der Waals surface area contributed by atoms with Gasteiger partial charge in [-0.1, -0.05) is 6.07 Å². The van der Waals surface area contributed by atoms with Gasteiger partial charge in [-0.2, -0.15) is 5.26 Å². The Morgan fingerprint density at radius 3 is 2.86 bits per heavy atom. The second-order valence-electron chi connectivity index (χ2n) is 3.39. The highest BCUT2D eigenvalue weighted by molar-refractivity contribution is 8.00. The van der Waals surface area contributed by atoms with Gasteiger partial charge in [-0.15, -0.1) is 11.8 Å². The topological polar surface area (TPSA) is 33.0 Å². The molecule has 72 valence electrons. The molecule has 1 aromatic carbocycles. The average Bonchev–Trinajstić information content (AvgIpc) is 2.12. The molecule has 0 atom stereocenters. The van der Waals surface area contributed by atoms with Gasteiger partial charge in [-0.25, -0.2) is 0 Å². The Balaban J connectivity index is 2.21. The number of benzene rings is 1. The van der Waals surface area contributed by atoms with Crippen molar-refractivity contribution in [2.45, 2.75) is 17.1 Å². The highest BCUT2D eigenvalue weighted by Crippen LogP contribution is 2.30. The third-order valence-corrected chi connectivity index (χ3v) is 3.36. The molecule has 0 radical (unpaired) electrons. The van der Waals surface area contributed by atoms with Crippen LogP contribution in [0.15, 0.2) is 23.1 Å². The Morgan fingerprint density at radius 1 is 1.50 bits per heavy atom. The smallest absolute Gasteiger partial charge is 0.100 e. The summed E-state index contributed by atoms with van der Waals surface area (Å²) >= 11 is 1.75. The molecule has 1 aliphatic rings. The summed E-state index contributed by atoms with van der Waals surface area (Å²) in [4.78, 5) is 1.08. The summed E-state index contributed by atoms with van der Waals surface area (Å²) in [5, 5.41) is 9.45. The number of ether oxygens (including phenoxy) is 1. The molecule has 0 amide bonds. The van der Waals surface area contributed by atoms with E-state index in [9.17, 15) is 0 Å². The maximum atomic E-state index is 8.92. The third-order valence-electron chi connectivity index (χ3n) is 2.16. The lowest BCUT2D eigenvalue weighted by Gasteiger charge is -2.25. The van der Waals surface area contributed by atoms with Crippen LogP contribution >= 0.6 is 11.8 Å². The quantitative estimate of drug-likeness (QED) is 0.743. The van der Waals surface area contributed by atoms with Crippen molar-refractivity contribution in [3.63, 3.8) is 0 Å². The van der Waals surface area contributed by atoms with E-state index < -0.39 is 0 Å². The fourth-order valence-corrected chi connectivity index (χ4v) is 2.46. The Kier molecular flexibility index (Phi) is 2.76. The van der Waals surface area contributed by atoms with Gasteiger partial charge >= 0.3 is 0 Å². The number of hydrogen-bond acceptors (Lipinski definition) is 3. The van der Waals surface area contributed by atoms with Crippen LogP contribution < -0.4 is 0 Å². The van der Waals surface area contributed by atoms with Crippen molar-refractivity contribution in [2.75, 3.05) is 13.2 Å². The van der Waals surface area contributed by atoms with Crippen LogP contribution in [0.3, 0.4) is 0 Å². The summed E-state index contributed by atoms with van der Waals surface area (Å²) in [5.74, 6) is 0. The van der Waals surface area contributed by atoms with Gasteiger partial charge in [-0.05, 0) is 24.6 Å². The maximum Gasteiger partial charge on any atom is 0.100 e. The third kappa shape index (κ3) is 1.92. The number of thioether (sulfide) groups is 1. The lowest BCUT2D eigenvalue weighted by Crippen LogP contribution is -2.30. The molecule has 0 spiro atoms. The first-order valence-electron chi connectivity index (χ1n) is 4.55. The van der Waals surface area contributed by atoms with E-state index in [1.165, 1.54) is 5.56 Å². The molecule has 1 aliphatic heterocycles. The van der Waals surface area contributed by atoms with Crippen LogP contribution in [0, 0.1) is 18.3 Å². The van der Waals surface area contributed by atoms with E-state index in [1.54, 1.807) is 11.8 Å². The molecule has 0 aliphatic carbocycles. The molecule has 0 bridgehead atoms. The SMILES string of the molecule is Cc1ccc(C#N)c(SC2COC2)c1. The molecule has 2 rings (SSSR count). The Morgan fingerprint density at radius 2 is 2.29 bits per heavy atom. The number of nitriles is 1. The second kappa shape index (κ2) is 4.04. The molecule has 1 fully saturated rings. The minimum atomic E-state index is 0.531. The van der Waals surface area contributed by atoms with Gasteiger partial charge in [0.15, 0.2) is 0 Å². The zero-order valence-corrected chi connectivity index (χ0v) is 8.80. The van der Waals surface area contributed by atoms with Crippen LogP contribution in [0.2, 0.25) is 0 Å². The Hall–Kier alpha value is -0.980. The fraction of sp³-hybridized carbons (Fsp3) is 0.364. The molecule has 14 heavy (non-hydrogen) atoms. The fourth-order valence-electron chi connectivity index (χ4n) is 1.28. The number of rotatable bonds is 2. The van der Waals surface area contributed by atoms with Crippen molar-refractivity contribution < 1.29 is 4.74 Å². The van der Waals surface area contributed by atoms with Gasteiger partial charge in [0.05, 0.1) is 24.0 Å². The van der Waals surface area contributed by atoms with Gasteiger partial charge in [0.2, 0.25) is 0 Å². The lowest BCUT2D eigenvalue weighted by atomic mass is 10.2. The molecule has 0 N–H and O–H groups in total. The van der Waals surface area contributed by atoms with Crippen molar-refractivity contribution in [3.8, 4) is 6.07 Å². The molecule has 1 aromatic rings. The highest BCUT2D eigenvalue weighted by Gasteiger charge is 2.20. The predicted octanol–water partition coefficient (Wildman–Crippen LogP) is 2.36. The summed E-state index contributed by atoms with van der Waals surface area (Å²) in [6.07, 6.45) is 0. The zero-order valence-electron chi connectivity index (χ0n) is 7.99. The first kappa shape index (κ1) is 9.57. The largest absolute Gasteiger partial charge is 0.379 e. The van der Waals surface area contributed by atoms with Gasteiger partial charge in [-0.3, -0.25) is 0 Å². The number of aryl methyl sites for hydroxylation is 1. The molecule has 3 heteroatoms. The van der Waals surface area contributed by atoms with Gasteiger partial charge < -0.3 is 4.74 Å². The minimum absolute atomic E-state index is 0.531. The predicted molar refractivity (Wildman–Crippen MR) is 56.4 cm³/mol. The van der Waals surface area contributed by atoms with Crippen LogP contribution in [-0.2, 0) is 4.74 Å². The number of nitrogens with zero attached hydrogens (tertiary/aromatic N) is 1. The van der Waals surface area contributed by atoms with Gasteiger partial charge in [0.25, 0.3) is 0 Å². The molecule has 2 nitrogen and oxygen atoms in total. The van der Waals surface area contributed by atoms with Crippen molar-refractivity contribution in [2.24, 2.45) is 0 Å². The van der Waals surface area contributed by atoms with Crippen LogP contribution in [-0.4, -0.2) is 18.5 Å². The molecular formula is C11H11NOS. The highest BCUT2D eigenvalue weighted by atomic mass is 32.2. The molecule has 1 heterocycles. The minimum Gasteiger partial charge on any atom is -0.379 e. The Labute approximate surface area is 87.9 Å². The van der Waals surface area contributed by atoms with Crippen LogP contribution in [0.4, 0.5) is 0 Å². The molecule has 0 saturated carbocycles. The van der Waals surface area contributed by atoms with E-state index in [2.05, 4.69) is 12.1 Å². The summed E-state index contributed by atoms with van der Waals surface area (Å²) in [6, 6.07) is 8.14. The molecule has 0 aromatic heterocycles. The van der Waals surface area contributed by atoms with E-state index in [0.29, 0.717) is 5.25 Å². The maximum absolute atomic E-state index is 8.92. The average molecular weight is 205 g/mol. The monoisotopic (exact) mass is 205 g/mol. The van der Waals surface area contributed by atoms with Crippen molar-refractivity contribution in [1.29, 1.82) is 5.26 Å². The van der Waals surface area contributed by atoms with E-state index in [1.807, 2.05) is 19.1 Å². The molecule has 0 unspecified atom stereocenters. The normalized spacial score (nSPS) is 16.0. The van der Waals surface area contributed by atoms with E-state index in [-0.39, 0.29) is 0 Å². The van der Waals surface area contributed by atoms with Gasteiger partial charge in [0.1, 0.15) is 6.07 Å². The van der Waals surface area contributed by atoms with Crippen molar-refractivity contribution in [3.05, 3.63) is 29.3 Å². The lowest BCUT2D eigenvalue weighted by molar-refractivity contribution is 0.0455. The van der Waals surface area contributed by atoms with Gasteiger partial charge in [0, 0.05) is 4.90 Å². The number of hydrogen-bond donors (Lipinski definition) is 0. The zero-order chi connectivity index (χ0) is 9.97. The second-order valence-corrected chi connectivity index (χ2v) is 4.73. The van der Waals surface area contributed by atoms with Crippen molar-refractivity contribution >= 4 is 11.8 Å². The Bertz CT molecular complexity index is 379. The van der Waals surface area contributed by atoms with Crippen LogP contribution in [0.1, 0.15) is 11.1 Å². The van der Waals surface area contributed by atoms with E-state index >= 15 is 0 Å². The van der Waals surface area contributed by atoms with Crippen molar-refractivity contribution in [1.82, 2.24) is 0 Å². The summed E-state index contributed by atoms with van der Waals surface area (Å²) in [7, 11) is 0. The summed E-state index contributed by atoms with van der Waals surface area (Å²) < 4.78 is 5.11. The molecular weight excluding hydrogens is 194 g/mol.